The highest BCUT2D eigenvalue weighted by atomic mass is 19.4. The number of piperazine rings is 1. The molecule has 0 saturated carbocycles. The number of halogens is 6. The van der Waals surface area contributed by atoms with Crippen LogP contribution in [0.2, 0.25) is 0 Å². The molecule has 226 valence electrons. The predicted molar refractivity (Wildman–Crippen MR) is 144 cm³/mol. The van der Waals surface area contributed by atoms with E-state index in [1.807, 2.05) is 30.5 Å². The number of H-pyrrole nitrogens is 1. The van der Waals surface area contributed by atoms with Gasteiger partial charge in [0.15, 0.2) is 0 Å². The van der Waals surface area contributed by atoms with E-state index in [1.54, 1.807) is 0 Å². The van der Waals surface area contributed by atoms with Crippen LogP contribution in [-0.2, 0) is 23.5 Å². The molecular formula is C30H32F6N4O2. The van der Waals surface area contributed by atoms with Gasteiger partial charge in [-0.25, -0.2) is 0 Å². The number of alkyl halides is 6. The molecule has 0 radical (unpaired) electrons. The Labute approximate surface area is 239 Å². The number of nitrogens with one attached hydrogen (secondary N) is 1. The van der Waals surface area contributed by atoms with Crippen LogP contribution in [0.5, 0.6) is 0 Å². The molecule has 12 heteroatoms. The lowest BCUT2D eigenvalue weighted by Gasteiger charge is -2.46. The van der Waals surface area contributed by atoms with Crippen LogP contribution in [0.25, 0.3) is 10.9 Å². The summed E-state index contributed by atoms with van der Waals surface area (Å²) in [6.07, 6.45) is -6.08. The Kier molecular flexibility index (Phi) is 7.73. The van der Waals surface area contributed by atoms with Gasteiger partial charge in [-0.3, -0.25) is 14.6 Å². The minimum absolute atomic E-state index is 0.0212. The summed E-state index contributed by atoms with van der Waals surface area (Å²) in [5.41, 5.74) is -1.72. The summed E-state index contributed by atoms with van der Waals surface area (Å²) in [6, 6.07) is 8.62. The average Bonchev–Trinajstić information content (AvgIpc) is 3.55. The molecule has 0 spiro atoms. The van der Waals surface area contributed by atoms with Crippen LogP contribution in [0, 0.1) is 0 Å². The Balaban J connectivity index is 1.33. The van der Waals surface area contributed by atoms with Crippen molar-refractivity contribution in [3.05, 3.63) is 70.9 Å². The van der Waals surface area contributed by atoms with Gasteiger partial charge in [0.05, 0.1) is 24.3 Å². The second-order valence-electron chi connectivity index (χ2n) is 11.5. The number of benzene rings is 2. The van der Waals surface area contributed by atoms with Crippen LogP contribution in [0.1, 0.15) is 39.9 Å². The maximum atomic E-state index is 13.9. The number of hydrogen-bond acceptors (Lipinski definition) is 4. The fourth-order valence-corrected chi connectivity index (χ4v) is 6.73. The Morgan fingerprint density at radius 3 is 2.29 bits per heavy atom. The molecule has 0 bridgehead atoms. The number of carbonyl (C=O) groups is 1. The molecule has 6 rings (SSSR count). The molecule has 1 N–H and O–H groups in total. The molecule has 3 aliphatic heterocycles. The first-order chi connectivity index (χ1) is 20.0. The number of ether oxygens (including phenoxy) is 1. The van der Waals surface area contributed by atoms with Gasteiger partial charge < -0.3 is 14.6 Å². The topological polar surface area (TPSA) is 51.8 Å². The molecule has 42 heavy (non-hydrogen) atoms. The summed E-state index contributed by atoms with van der Waals surface area (Å²) in [7, 11) is 0. The molecule has 0 unspecified atom stereocenters. The number of aromatic nitrogens is 1. The Morgan fingerprint density at radius 1 is 0.905 bits per heavy atom. The van der Waals surface area contributed by atoms with Crippen molar-refractivity contribution in [2.45, 2.75) is 49.7 Å². The summed E-state index contributed by atoms with van der Waals surface area (Å²) >= 11 is 0. The molecule has 0 aliphatic carbocycles. The fourth-order valence-electron chi connectivity index (χ4n) is 6.73. The van der Waals surface area contributed by atoms with Gasteiger partial charge in [-0.1, -0.05) is 18.2 Å². The van der Waals surface area contributed by atoms with E-state index >= 15 is 0 Å². The zero-order valence-corrected chi connectivity index (χ0v) is 22.8. The van der Waals surface area contributed by atoms with Crippen molar-refractivity contribution in [2.75, 3.05) is 45.9 Å². The third kappa shape index (κ3) is 5.89. The highest BCUT2D eigenvalue weighted by Crippen LogP contribution is 2.38. The van der Waals surface area contributed by atoms with Crippen molar-refractivity contribution < 1.29 is 35.9 Å². The SMILES string of the molecule is O=C(c1cc(C(F)(F)F)cc(C(F)(F)F)c1)N1C[C@H]2CC[C@H](CN3CCOCC3)N2C[C@H]1Cc1c[nH]c2ccccc12. The van der Waals surface area contributed by atoms with Crippen LogP contribution in [0.4, 0.5) is 26.3 Å². The van der Waals surface area contributed by atoms with Gasteiger partial charge in [-0.05, 0) is 49.1 Å². The molecule has 3 aromatic rings. The highest BCUT2D eigenvalue weighted by Gasteiger charge is 2.44. The van der Waals surface area contributed by atoms with E-state index in [9.17, 15) is 31.1 Å². The van der Waals surface area contributed by atoms with Gasteiger partial charge in [0.25, 0.3) is 5.91 Å². The summed E-state index contributed by atoms with van der Waals surface area (Å²) < 4.78 is 87.2. The predicted octanol–water partition coefficient (Wildman–Crippen LogP) is 5.44. The van der Waals surface area contributed by atoms with Crippen molar-refractivity contribution >= 4 is 16.8 Å². The summed E-state index contributed by atoms with van der Waals surface area (Å²) in [6.45, 7) is 4.62. The number of morpholine rings is 1. The molecule has 6 nitrogen and oxygen atoms in total. The molecule has 3 atom stereocenters. The van der Waals surface area contributed by atoms with E-state index in [2.05, 4.69) is 14.8 Å². The number of para-hydroxylation sites is 1. The van der Waals surface area contributed by atoms with Crippen LogP contribution in [0.15, 0.2) is 48.7 Å². The van der Waals surface area contributed by atoms with Crippen molar-refractivity contribution in [1.29, 1.82) is 0 Å². The van der Waals surface area contributed by atoms with Crippen molar-refractivity contribution in [3.63, 3.8) is 0 Å². The standard InChI is InChI=1S/C30H32F6N4O2/c31-29(32,33)21-11-19(12-22(14-21)30(34,35)36)28(41)40-17-24-6-5-23(16-38-7-9-42-10-8-38)39(24)18-25(40)13-20-15-37-27-4-2-1-3-26(20)27/h1-4,11-12,14-15,23-25,37H,5-10,13,16-18H2/t23-,24-,25-/m1/s1. The molecule has 1 amide bonds. The summed E-state index contributed by atoms with van der Waals surface area (Å²) in [5.74, 6) is -0.812. The average molecular weight is 595 g/mol. The number of nitrogens with zero attached hydrogens (tertiary/aromatic N) is 3. The summed E-state index contributed by atoms with van der Waals surface area (Å²) in [5, 5.41) is 0.969. The van der Waals surface area contributed by atoms with Crippen LogP contribution in [0.3, 0.4) is 0 Å². The summed E-state index contributed by atoms with van der Waals surface area (Å²) in [4.78, 5) is 23.4. The smallest absolute Gasteiger partial charge is 0.379 e. The molecule has 3 aliphatic rings. The number of hydrogen-bond donors (Lipinski definition) is 1. The lowest BCUT2D eigenvalue weighted by molar-refractivity contribution is -0.143. The van der Waals surface area contributed by atoms with Gasteiger partial charge >= 0.3 is 12.4 Å². The van der Waals surface area contributed by atoms with E-state index in [-0.39, 0.29) is 24.7 Å². The number of fused-ring (bicyclic) bond motifs is 2. The normalized spacial score (nSPS) is 24.3. The van der Waals surface area contributed by atoms with Gasteiger partial charge in [0, 0.05) is 73.5 Å². The van der Waals surface area contributed by atoms with Crippen LogP contribution in [-0.4, -0.2) is 89.7 Å². The number of rotatable bonds is 5. The minimum atomic E-state index is -5.03. The maximum absolute atomic E-state index is 13.9. The Hall–Kier alpha value is -3.09. The number of aromatic amines is 1. The van der Waals surface area contributed by atoms with E-state index in [0.29, 0.717) is 38.3 Å². The first-order valence-electron chi connectivity index (χ1n) is 14.2. The van der Waals surface area contributed by atoms with Crippen molar-refractivity contribution in [2.24, 2.45) is 0 Å². The Morgan fingerprint density at radius 2 is 1.60 bits per heavy atom. The maximum Gasteiger partial charge on any atom is 0.416 e. The van der Waals surface area contributed by atoms with Gasteiger partial charge in [0.2, 0.25) is 0 Å². The third-order valence-corrected chi connectivity index (χ3v) is 8.84. The minimum Gasteiger partial charge on any atom is -0.379 e. The third-order valence-electron chi connectivity index (χ3n) is 8.84. The van der Waals surface area contributed by atoms with Crippen molar-refractivity contribution in [1.82, 2.24) is 19.7 Å². The van der Waals surface area contributed by atoms with E-state index < -0.39 is 41.0 Å². The van der Waals surface area contributed by atoms with E-state index in [4.69, 9.17) is 4.74 Å². The van der Waals surface area contributed by atoms with Crippen LogP contribution >= 0.6 is 0 Å². The molecule has 3 saturated heterocycles. The number of carbonyl (C=O) groups excluding carboxylic acids is 1. The van der Waals surface area contributed by atoms with E-state index in [1.165, 1.54) is 4.90 Å². The van der Waals surface area contributed by atoms with Gasteiger partial charge in [0.1, 0.15) is 0 Å². The second kappa shape index (κ2) is 11.2. The molecular weight excluding hydrogens is 562 g/mol. The van der Waals surface area contributed by atoms with Gasteiger partial charge in [-0.2, -0.15) is 26.3 Å². The lowest BCUT2D eigenvalue weighted by atomic mass is 9.97. The molecule has 2 aromatic carbocycles. The van der Waals surface area contributed by atoms with Crippen LogP contribution < -0.4 is 0 Å². The first-order valence-corrected chi connectivity index (χ1v) is 14.2. The lowest BCUT2D eigenvalue weighted by Crippen LogP contribution is -2.61. The highest BCUT2D eigenvalue weighted by molar-refractivity contribution is 5.95. The molecule has 1 aromatic heterocycles. The van der Waals surface area contributed by atoms with E-state index in [0.717, 1.165) is 48.9 Å². The molecule has 3 fully saturated rings. The largest absolute Gasteiger partial charge is 0.416 e. The van der Waals surface area contributed by atoms with Crippen molar-refractivity contribution in [3.8, 4) is 0 Å². The molecule has 4 heterocycles. The zero-order chi connectivity index (χ0) is 29.6. The first kappa shape index (κ1) is 29.0. The Bertz CT molecular complexity index is 1400. The fraction of sp³-hybridized carbons (Fsp3) is 0.500. The monoisotopic (exact) mass is 594 g/mol. The number of amides is 1. The second-order valence-corrected chi connectivity index (χ2v) is 11.5. The zero-order valence-electron chi connectivity index (χ0n) is 22.8. The van der Waals surface area contributed by atoms with Gasteiger partial charge in [-0.15, -0.1) is 0 Å². The quantitative estimate of drug-likeness (QED) is 0.400.